The molecule has 1 rings (SSSR count). The lowest BCUT2D eigenvalue weighted by Gasteiger charge is -2.16. The fraction of sp³-hybridized carbons (Fsp3) is 0.500. The third kappa shape index (κ3) is 3.83. The molecular weight excluding hydrogens is 284 g/mol. The highest BCUT2D eigenvalue weighted by Crippen LogP contribution is 2.28. The van der Waals surface area contributed by atoms with Crippen LogP contribution in [0.25, 0.3) is 0 Å². The minimum Gasteiger partial charge on any atom is -0.495 e. The molecule has 0 bridgehead atoms. The average Bonchev–Trinajstić information content (AvgIpc) is 2.44. The van der Waals surface area contributed by atoms with Crippen LogP contribution in [0, 0.1) is 0 Å². The van der Waals surface area contributed by atoms with Crippen molar-refractivity contribution in [2.45, 2.75) is 11.0 Å². The van der Waals surface area contributed by atoms with Gasteiger partial charge in [0.15, 0.2) is 0 Å². The van der Waals surface area contributed by atoms with Gasteiger partial charge in [-0.15, -0.1) is 0 Å². The van der Waals surface area contributed by atoms with E-state index in [0.717, 1.165) is 4.31 Å². The lowest BCUT2D eigenvalue weighted by molar-refractivity contribution is 0.105. The zero-order valence-corrected chi connectivity index (χ0v) is 12.5. The fourth-order valence-corrected chi connectivity index (χ4v) is 2.56. The van der Waals surface area contributed by atoms with Crippen molar-refractivity contribution in [1.29, 1.82) is 0 Å². The lowest BCUT2D eigenvalue weighted by atomic mass is 10.3. The van der Waals surface area contributed by atoms with Gasteiger partial charge in [-0.25, -0.2) is 12.7 Å². The first-order valence-electron chi connectivity index (χ1n) is 5.96. The topological polar surface area (TPSA) is 99.1 Å². The standard InChI is InChI=1S/C12H20N2O5S/c1-14(2)20(17,18)12-6-9(4-5-11(12)19-3)13-7-10(16)8-15/h4-6,10,13,15-16H,7-8H2,1-3H3. The molecule has 7 nitrogen and oxygen atoms in total. The number of benzene rings is 1. The van der Waals surface area contributed by atoms with Crippen molar-refractivity contribution < 1.29 is 23.4 Å². The molecule has 8 heteroatoms. The van der Waals surface area contributed by atoms with Crippen LogP contribution in [0.3, 0.4) is 0 Å². The maximum absolute atomic E-state index is 12.2. The van der Waals surface area contributed by atoms with Crippen molar-refractivity contribution >= 4 is 15.7 Å². The summed E-state index contributed by atoms with van der Waals surface area (Å²) in [6, 6.07) is 4.60. The summed E-state index contributed by atoms with van der Waals surface area (Å²) in [5.74, 6) is 0.243. The minimum atomic E-state index is -3.63. The van der Waals surface area contributed by atoms with Gasteiger partial charge in [0.25, 0.3) is 0 Å². The summed E-state index contributed by atoms with van der Waals surface area (Å²) in [7, 11) is 0.635. The van der Waals surface area contributed by atoms with Crippen LogP contribution in [0.15, 0.2) is 23.1 Å². The first-order valence-corrected chi connectivity index (χ1v) is 7.40. The van der Waals surface area contributed by atoms with Crippen molar-refractivity contribution in [1.82, 2.24) is 4.31 Å². The van der Waals surface area contributed by atoms with Gasteiger partial charge in [0.05, 0.1) is 19.8 Å². The highest BCUT2D eigenvalue weighted by Gasteiger charge is 2.22. The van der Waals surface area contributed by atoms with Crippen molar-refractivity contribution in [3.8, 4) is 5.75 Å². The molecule has 0 aliphatic rings. The van der Waals surface area contributed by atoms with Crippen LogP contribution in [0.4, 0.5) is 5.69 Å². The first kappa shape index (κ1) is 16.7. The van der Waals surface area contributed by atoms with Crippen molar-refractivity contribution in [2.75, 3.05) is 39.7 Å². The van der Waals surface area contributed by atoms with E-state index in [1.807, 2.05) is 0 Å². The van der Waals surface area contributed by atoms with Gasteiger partial charge in [-0.2, -0.15) is 0 Å². The molecular formula is C12H20N2O5S. The zero-order valence-electron chi connectivity index (χ0n) is 11.7. The molecule has 0 saturated heterocycles. The summed E-state index contributed by atoms with van der Waals surface area (Å²) < 4.78 is 30.5. The van der Waals surface area contributed by atoms with Gasteiger partial charge in [0.2, 0.25) is 10.0 Å². The van der Waals surface area contributed by atoms with E-state index in [-0.39, 0.29) is 23.8 Å². The molecule has 1 atom stereocenters. The number of sulfonamides is 1. The molecule has 0 spiro atoms. The number of aliphatic hydroxyl groups excluding tert-OH is 2. The van der Waals surface area contributed by atoms with Gasteiger partial charge < -0.3 is 20.3 Å². The van der Waals surface area contributed by atoms with Crippen LogP contribution >= 0.6 is 0 Å². The Morgan fingerprint density at radius 2 is 2.05 bits per heavy atom. The zero-order chi connectivity index (χ0) is 15.3. The molecule has 114 valence electrons. The molecule has 20 heavy (non-hydrogen) atoms. The van der Waals surface area contributed by atoms with Crippen LogP contribution in [-0.2, 0) is 10.0 Å². The van der Waals surface area contributed by atoms with Crippen molar-refractivity contribution in [3.05, 3.63) is 18.2 Å². The Hall–Kier alpha value is -1.35. The van der Waals surface area contributed by atoms with Crippen molar-refractivity contribution in [3.63, 3.8) is 0 Å². The summed E-state index contributed by atoms with van der Waals surface area (Å²) >= 11 is 0. The number of hydrogen-bond donors (Lipinski definition) is 3. The molecule has 0 aliphatic carbocycles. The summed E-state index contributed by atoms with van der Waals surface area (Å²) in [4.78, 5) is 0.0356. The molecule has 3 N–H and O–H groups in total. The van der Waals surface area contributed by atoms with Gasteiger partial charge in [0, 0.05) is 26.3 Å². The van der Waals surface area contributed by atoms with E-state index in [4.69, 9.17) is 9.84 Å². The number of methoxy groups -OCH3 is 1. The SMILES string of the molecule is COc1ccc(NCC(O)CO)cc1S(=O)(=O)N(C)C. The Kier molecular flexibility index (Phi) is 5.75. The maximum Gasteiger partial charge on any atom is 0.246 e. The van der Waals surface area contributed by atoms with Gasteiger partial charge in [-0.1, -0.05) is 0 Å². The van der Waals surface area contributed by atoms with E-state index >= 15 is 0 Å². The van der Waals surface area contributed by atoms with Crippen LogP contribution in [-0.4, -0.2) is 63.4 Å². The molecule has 0 aliphatic heterocycles. The first-order chi connectivity index (χ1) is 9.32. The highest BCUT2D eigenvalue weighted by atomic mass is 32.2. The number of aliphatic hydroxyl groups is 2. The van der Waals surface area contributed by atoms with Gasteiger partial charge >= 0.3 is 0 Å². The average molecular weight is 304 g/mol. The van der Waals surface area contributed by atoms with Crippen molar-refractivity contribution in [2.24, 2.45) is 0 Å². The van der Waals surface area contributed by atoms with Crippen LogP contribution in [0.2, 0.25) is 0 Å². The number of rotatable bonds is 7. The van der Waals surface area contributed by atoms with E-state index < -0.39 is 16.1 Å². The van der Waals surface area contributed by atoms with Crippen LogP contribution in [0.1, 0.15) is 0 Å². The van der Waals surface area contributed by atoms with Crippen LogP contribution in [0.5, 0.6) is 5.75 Å². The molecule has 0 heterocycles. The van der Waals surface area contributed by atoms with Gasteiger partial charge in [-0.3, -0.25) is 0 Å². The second-order valence-electron chi connectivity index (χ2n) is 4.37. The largest absolute Gasteiger partial charge is 0.495 e. The molecule has 0 amide bonds. The number of nitrogens with one attached hydrogen (secondary N) is 1. The smallest absolute Gasteiger partial charge is 0.246 e. The monoisotopic (exact) mass is 304 g/mol. The van der Waals surface area contributed by atoms with E-state index in [0.29, 0.717) is 5.69 Å². The Morgan fingerprint density at radius 1 is 1.40 bits per heavy atom. The summed E-state index contributed by atoms with van der Waals surface area (Å²) in [6.45, 7) is -0.254. The minimum absolute atomic E-state index is 0.0356. The van der Waals surface area contributed by atoms with E-state index in [9.17, 15) is 13.5 Å². The number of anilines is 1. The number of nitrogens with zero attached hydrogens (tertiary/aromatic N) is 1. The summed E-state index contributed by atoms with van der Waals surface area (Å²) in [6.07, 6.45) is -0.911. The molecule has 0 fully saturated rings. The second-order valence-corrected chi connectivity index (χ2v) is 6.49. The van der Waals surface area contributed by atoms with Gasteiger partial charge in [-0.05, 0) is 18.2 Å². The lowest BCUT2D eigenvalue weighted by Crippen LogP contribution is -2.24. The highest BCUT2D eigenvalue weighted by molar-refractivity contribution is 7.89. The molecule has 0 saturated carbocycles. The number of ether oxygens (including phenoxy) is 1. The quantitative estimate of drug-likeness (QED) is 0.640. The Labute approximate surface area is 118 Å². The van der Waals surface area contributed by atoms with Gasteiger partial charge in [0.1, 0.15) is 10.6 Å². The molecule has 0 radical (unpaired) electrons. The van der Waals surface area contributed by atoms with E-state index in [1.54, 1.807) is 6.07 Å². The normalized spacial score (nSPS) is 13.3. The third-order valence-corrected chi connectivity index (χ3v) is 4.51. The molecule has 0 aromatic heterocycles. The Balaban J connectivity index is 3.10. The maximum atomic E-state index is 12.2. The Morgan fingerprint density at radius 3 is 2.55 bits per heavy atom. The molecule has 1 aromatic rings. The Bertz CT molecular complexity index is 545. The second kappa shape index (κ2) is 6.89. The van der Waals surface area contributed by atoms with E-state index in [1.165, 1.54) is 33.3 Å². The predicted molar refractivity (Wildman–Crippen MR) is 75.4 cm³/mol. The number of hydrogen-bond acceptors (Lipinski definition) is 6. The molecule has 1 unspecified atom stereocenters. The molecule has 1 aromatic carbocycles. The summed E-state index contributed by atoms with van der Waals surface area (Å²) in [5, 5.41) is 20.9. The fourth-order valence-electron chi connectivity index (χ4n) is 1.49. The third-order valence-electron chi connectivity index (χ3n) is 2.67. The van der Waals surface area contributed by atoms with E-state index in [2.05, 4.69) is 5.32 Å². The van der Waals surface area contributed by atoms with Crippen LogP contribution < -0.4 is 10.1 Å². The summed E-state index contributed by atoms with van der Waals surface area (Å²) in [5.41, 5.74) is 0.513. The predicted octanol–water partition coefficient (Wildman–Crippen LogP) is -0.289.